The molecule has 0 aliphatic rings. The second-order valence-corrected chi connectivity index (χ2v) is 3.41. The van der Waals surface area contributed by atoms with E-state index in [2.05, 4.69) is 0 Å². The molecule has 0 bridgehead atoms. The number of carbonyl (C=O) groups is 1. The van der Waals surface area contributed by atoms with Gasteiger partial charge in [0.15, 0.2) is 0 Å². The Morgan fingerprint density at radius 3 is 2.47 bits per heavy atom. The highest BCUT2D eigenvalue weighted by atomic mass is 32.2. The number of carbonyl (C=O) groups excluding carboxylic acids is 1. The SMILES string of the molecule is NC(=O)NSc1ccccc1C(F)(F)F. The largest absolute Gasteiger partial charge is 0.417 e. The molecule has 7 heteroatoms. The summed E-state index contributed by atoms with van der Waals surface area (Å²) in [6.07, 6.45) is -4.44. The molecule has 3 nitrogen and oxygen atoms in total. The fourth-order valence-electron chi connectivity index (χ4n) is 0.895. The Labute approximate surface area is 88.0 Å². The van der Waals surface area contributed by atoms with E-state index in [4.69, 9.17) is 5.73 Å². The number of benzene rings is 1. The van der Waals surface area contributed by atoms with E-state index in [1.807, 2.05) is 4.72 Å². The highest BCUT2D eigenvalue weighted by molar-refractivity contribution is 7.98. The number of rotatable bonds is 2. The first-order valence-electron chi connectivity index (χ1n) is 3.80. The summed E-state index contributed by atoms with van der Waals surface area (Å²) in [5.41, 5.74) is 3.95. The van der Waals surface area contributed by atoms with Crippen molar-refractivity contribution in [2.24, 2.45) is 5.73 Å². The van der Waals surface area contributed by atoms with Crippen molar-refractivity contribution in [1.29, 1.82) is 0 Å². The van der Waals surface area contributed by atoms with Crippen molar-refractivity contribution in [3.63, 3.8) is 0 Å². The summed E-state index contributed by atoms with van der Waals surface area (Å²) >= 11 is 0.537. The molecule has 0 aliphatic carbocycles. The average molecular weight is 236 g/mol. The smallest absolute Gasteiger partial charge is 0.351 e. The number of nitrogens with two attached hydrogens (primary N) is 1. The molecule has 0 saturated carbocycles. The van der Waals surface area contributed by atoms with Gasteiger partial charge in [-0.3, -0.25) is 4.72 Å². The molecule has 0 aromatic heterocycles. The summed E-state index contributed by atoms with van der Waals surface area (Å²) < 4.78 is 39.3. The molecule has 0 fully saturated rings. The lowest BCUT2D eigenvalue weighted by Gasteiger charge is -2.11. The highest BCUT2D eigenvalue weighted by Gasteiger charge is 2.33. The fraction of sp³-hybridized carbons (Fsp3) is 0.125. The summed E-state index contributed by atoms with van der Waals surface area (Å²) in [6, 6.07) is 4.02. The molecule has 3 N–H and O–H groups in total. The Morgan fingerprint density at radius 1 is 1.33 bits per heavy atom. The molecule has 0 spiro atoms. The van der Waals surface area contributed by atoms with Crippen molar-refractivity contribution in [3.8, 4) is 0 Å². The zero-order valence-corrected chi connectivity index (χ0v) is 8.15. The average Bonchev–Trinajstić information content (AvgIpc) is 2.13. The van der Waals surface area contributed by atoms with E-state index in [1.165, 1.54) is 18.2 Å². The van der Waals surface area contributed by atoms with Gasteiger partial charge in [-0.1, -0.05) is 12.1 Å². The van der Waals surface area contributed by atoms with Gasteiger partial charge in [0.2, 0.25) is 0 Å². The number of halogens is 3. The number of hydrogen-bond acceptors (Lipinski definition) is 2. The van der Waals surface area contributed by atoms with Crippen LogP contribution in [0.2, 0.25) is 0 Å². The lowest BCUT2D eigenvalue weighted by molar-refractivity contribution is -0.139. The van der Waals surface area contributed by atoms with Gasteiger partial charge in [0.1, 0.15) is 0 Å². The van der Waals surface area contributed by atoms with Crippen LogP contribution in [0.3, 0.4) is 0 Å². The van der Waals surface area contributed by atoms with Gasteiger partial charge >= 0.3 is 12.2 Å². The molecular weight excluding hydrogens is 229 g/mol. The molecule has 1 aromatic carbocycles. The van der Waals surface area contributed by atoms with Gasteiger partial charge in [-0.25, -0.2) is 4.79 Å². The number of primary amides is 1. The summed E-state index contributed by atoms with van der Waals surface area (Å²) in [4.78, 5) is 10.2. The van der Waals surface area contributed by atoms with Gasteiger partial charge < -0.3 is 5.73 Å². The number of alkyl halides is 3. The Kier molecular flexibility index (Phi) is 3.46. The molecule has 2 amide bonds. The maximum atomic E-state index is 12.4. The Bertz CT molecular complexity index is 367. The van der Waals surface area contributed by atoms with Crippen molar-refractivity contribution >= 4 is 18.0 Å². The molecule has 0 aliphatic heterocycles. The van der Waals surface area contributed by atoms with E-state index < -0.39 is 17.8 Å². The molecule has 82 valence electrons. The van der Waals surface area contributed by atoms with Crippen molar-refractivity contribution in [2.45, 2.75) is 11.1 Å². The quantitative estimate of drug-likeness (QED) is 0.774. The van der Waals surface area contributed by atoms with Gasteiger partial charge in [-0.15, -0.1) is 0 Å². The van der Waals surface area contributed by atoms with Crippen LogP contribution in [0.4, 0.5) is 18.0 Å². The van der Waals surface area contributed by atoms with Crippen LogP contribution in [-0.4, -0.2) is 6.03 Å². The zero-order chi connectivity index (χ0) is 11.5. The lowest BCUT2D eigenvalue weighted by Crippen LogP contribution is -2.23. The van der Waals surface area contributed by atoms with Gasteiger partial charge in [0, 0.05) is 4.90 Å². The first-order chi connectivity index (χ1) is 6.91. The van der Waals surface area contributed by atoms with Crippen LogP contribution >= 0.6 is 11.9 Å². The van der Waals surface area contributed by atoms with E-state index in [1.54, 1.807) is 0 Å². The van der Waals surface area contributed by atoms with Crippen LogP contribution in [0.5, 0.6) is 0 Å². The molecular formula is C8H7F3N2OS. The molecule has 1 aromatic rings. The number of nitrogens with one attached hydrogen (secondary N) is 1. The van der Waals surface area contributed by atoms with Crippen molar-refractivity contribution in [1.82, 2.24) is 4.72 Å². The normalized spacial score (nSPS) is 11.1. The van der Waals surface area contributed by atoms with Crippen LogP contribution in [0, 0.1) is 0 Å². The zero-order valence-electron chi connectivity index (χ0n) is 7.34. The summed E-state index contributed by atoms with van der Waals surface area (Å²) in [6.45, 7) is 0. The molecule has 1 rings (SSSR count). The predicted octanol–water partition coefficient (Wildman–Crippen LogP) is 2.38. The lowest BCUT2D eigenvalue weighted by atomic mass is 10.2. The number of amides is 2. The third-order valence-electron chi connectivity index (χ3n) is 1.45. The minimum absolute atomic E-state index is 0.0937. The van der Waals surface area contributed by atoms with Crippen LogP contribution in [0.1, 0.15) is 5.56 Å². The minimum Gasteiger partial charge on any atom is -0.351 e. The van der Waals surface area contributed by atoms with Gasteiger partial charge in [-0.2, -0.15) is 13.2 Å². The van der Waals surface area contributed by atoms with Crippen LogP contribution in [-0.2, 0) is 6.18 Å². The third-order valence-corrected chi connectivity index (χ3v) is 2.33. The van der Waals surface area contributed by atoms with E-state index in [0.29, 0.717) is 11.9 Å². The summed E-state index contributed by atoms with van der Waals surface area (Å²) in [5, 5.41) is 0. The maximum Gasteiger partial charge on any atom is 0.417 e. The highest BCUT2D eigenvalue weighted by Crippen LogP contribution is 2.35. The minimum atomic E-state index is -4.44. The predicted molar refractivity (Wildman–Crippen MR) is 50.0 cm³/mol. The van der Waals surface area contributed by atoms with Crippen LogP contribution in [0.25, 0.3) is 0 Å². The Morgan fingerprint density at radius 2 is 1.93 bits per heavy atom. The van der Waals surface area contributed by atoms with E-state index in [-0.39, 0.29) is 4.90 Å². The topological polar surface area (TPSA) is 55.1 Å². The fourth-order valence-corrected chi connectivity index (χ4v) is 1.55. The molecule has 0 heterocycles. The molecule has 0 atom stereocenters. The first-order valence-corrected chi connectivity index (χ1v) is 4.61. The molecule has 0 radical (unpaired) electrons. The van der Waals surface area contributed by atoms with Crippen molar-refractivity contribution in [2.75, 3.05) is 0 Å². The monoisotopic (exact) mass is 236 g/mol. The number of urea groups is 1. The van der Waals surface area contributed by atoms with Gasteiger partial charge in [0.05, 0.1) is 5.56 Å². The molecule has 15 heavy (non-hydrogen) atoms. The molecule has 0 unspecified atom stereocenters. The van der Waals surface area contributed by atoms with E-state index in [9.17, 15) is 18.0 Å². The maximum absolute atomic E-state index is 12.4. The van der Waals surface area contributed by atoms with Gasteiger partial charge in [0.25, 0.3) is 0 Å². The van der Waals surface area contributed by atoms with E-state index in [0.717, 1.165) is 6.07 Å². The summed E-state index contributed by atoms with van der Waals surface area (Å²) in [5.74, 6) is 0. The molecule has 0 saturated heterocycles. The second-order valence-electron chi connectivity index (χ2n) is 2.56. The third kappa shape index (κ3) is 3.35. The van der Waals surface area contributed by atoms with Crippen molar-refractivity contribution in [3.05, 3.63) is 29.8 Å². The second kappa shape index (κ2) is 4.43. The number of hydrogen-bond donors (Lipinski definition) is 2. The first kappa shape index (κ1) is 11.7. The Hall–Kier alpha value is -1.37. The Balaban J connectivity index is 2.92. The van der Waals surface area contributed by atoms with Crippen LogP contribution in [0.15, 0.2) is 29.2 Å². The van der Waals surface area contributed by atoms with Crippen LogP contribution < -0.4 is 10.5 Å². The standard InChI is InChI=1S/C8H7F3N2OS/c9-8(10,11)5-3-1-2-4-6(5)15-13-7(12)14/h1-4H,(H3,12,13,14). The summed E-state index contributed by atoms with van der Waals surface area (Å²) in [7, 11) is 0. The van der Waals surface area contributed by atoms with Gasteiger partial charge in [-0.05, 0) is 24.1 Å². The van der Waals surface area contributed by atoms with Crippen molar-refractivity contribution < 1.29 is 18.0 Å². The van der Waals surface area contributed by atoms with E-state index >= 15 is 0 Å².